The predicted molar refractivity (Wildman–Crippen MR) is 77.1 cm³/mol. The molecular formula is C17H16F3NO. The molecule has 0 amide bonds. The van der Waals surface area contributed by atoms with Gasteiger partial charge in [0.2, 0.25) is 0 Å². The van der Waals surface area contributed by atoms with Crippen molar-refractivity contribution >= 4 is 0 Å². The van der Waals surface area contributed by atoms with Crippen LogP contribution in [0, 0.1) is 23.4 Å². The van der Waals surface area contributed by atoms with E-state index in [0.717, 1.165) is 18.5 Å². The smallest absolute Gasteiger partial charge is 0.191 e. The Kier molecular flexibility index (Phi) is 4.34. The van der Waals surface area contributed by atoms with Crippen molar-refractivity contribution in [1.82, 2.24) is 5.32 Å². The van der Waals surface area contributed by atoms with Crippen molar-refractivity contribution in [3.8, 4) is 5.75 Å². The van der Waals surface area contributed by atoms with E-state index in [1.54, 1.807) is 0 Å². The van der Waals surface area contributed by atoms with Gasteiger partial charge in [-0.3, -0.25) is 0 Å². The Morgan fingerprint density at radius 3 is 2.32 bits per heavy atom. The Morgan fingerprint density at radius 2 is 1.73 bits per heavy atom. The number of hydrogen-bond donors (Lipinski definition) is 1. The second kappa shape index (κ2) is 6.40. The van der Waals surface area contributed by atoms with E-state index < -0.39 is 29.3 Å². The van der Waals surface area contributed by atoms with Gasteiger partial charge >= 0.3 is 0 Å². The molecule has 5 heteroatoms. The molecule has 0 saturated carbocycles. The molecule has 1 fully saturated rings. The highest BCUT2D eigenvalue weighted by Gasteiger charge is 2.29. The van der Waals surface area contributed by atoms with Gasteiger partial charge in [0, 0.05) is 24.6 Å². The van der Waals surface area contributed by atoms with Crippen LogP contribution in [0.15, 0.2) is 42.5 Å². The fourth-order valence-electron chi connectivity index (χ4n) is 2.78. The Morgan fingerprint density at radius 1 is 1.05 bits per heavy atom. The van der Waals surface area contributed by atoms with Crippen LogP contribution in [0.4, 0.5) is 13.2 Å². The lowest BCUT2D eigenvalue weighted by Crippen LogP contribution is -2.22. The summed E-state index contributed by atoms with van der Waals surface area (Å²) in [5.41, 5.74) is 0.847. The molecule has 1 N–H and O–H groups in total. The van der Waals surface area contributed by atoms with Crippen molar-refractivity contribution in [2.45, 2.75) is 12.5 Å². The maximum atomic E-state index is 13.9. The molecule has 0 aromatic heterocycles. The largest absolute Gasteiger partial charge is 0.479 e. The number of halogens is 3. The Bertz CT molecular complexity index is 619. The molecule has 1 unspecified atom stereocenters. The molecule has 116 valence electrons. The summed E-state index contributed by atoms with van der Waals surface area (Å²) in [6.45, 7) is 1.55. The highest BCUT2D eigenvalue weighted by Crippen LogP contribution is 2.34. The molecule has 1 aliphatic rings. The predicted octanol–water partition coefficient (Wildman–Crippen LogP) is 3.83. The summed E-state index contributed by atoms with van der Waals surface area (Å²) in [7, 11) is 0. The number of ether oxygens (including phenoxy) is 1. The summed E-state index contributed by atoms with van der Waals surface area (Å²) >= 11 is 0. The highest BCUT2D eigenvalue weighted by molar-refractivity contribution is 5.29. The first-order valence-corrected chi connectivity index (χ1v) is 7.22. The van der Waals surface area contributed by atoms with Gasteiger partial charge in [0.1, 0.15) is 11.9 Å². The molecule has 3 rings (SSSR count). The van der Waals surface area contributed by atoms with Gasteiger partial charge in [0.25, 0.3) is 0 Å². The maximum absolute atomic E-state index is 13.9. The van der Waals surface area contributed by atoms with Gasteiger partial charge in [-0.2, -0.15) is 0 Å². The summed E-state index contributed by atoms with van der Waals surface area (Å²) in [4.78, 5) is 0. The van der Waals surface area contributed by atoms with Crippen molar-refractivity contribution in [2.24, 2.45) is 5.92 Å². The fourth-order valence-corrected chi connectivity index (χ4v) is 2.78. The zero-order chi connectivity index (χ0) is 15.5. The minimum absolute atomic E-state index is 0.103. The van der Waals surface area contributed by atoms with E-state index in [4.69, 9.17) is 4.74 Å². The number of nitrogens with one attached hydrogen (secondary N) is 1. The van der Waals surface area contributed by atoms with Crippen LogP contribution < -0.4 is 10.1 Å². The second-order valence-electron chi connectivity index (χ2n) is 5.40. The van der Waals surface area contributed by atoms with E-state index in [-0.39, 0.29) is 5.92 Å². The zero-order valence-electron chi connectivity index (χ0n) is 11.9. The zero-order valence-corrected chi connectivity index (χ0v) is 11.9. The fraction of sp³-hybridized carbons (Fsp3) is 0.294. The average Bonchev–Trinajstić information content (AvgIpc) is 3.01. The second-order valence-corrected chi connectivity index (χ2v) is 5.40. The van der Waals surface area contributed by atoms with Crippen molar-refractivity contribution in [2.75, 3.05) is 13.1 Å². The van der Waals surface area contributed by atoms with Crippen LogP contribution in [0.3, 0.4) is 0 Å². The SMILES string of the molecule is Fc1cc(F)c(OC(c2ccccc2)[C@H]2CCNC2)c(F)c1. The van der Waals surface area contributed by atoms with Gasteiger partial charge < -0.3 is 10.1 Å². The van der Waals surface area contributed by atoms with E-state index in [0.29, 0.717) is 18.7 Å². The Hall–Kier alpha value is -2.01. The lowest BCUT2D eigenvalue weighted by molar-refractivity contribution is 0.131. The maximum Gasteiger partial charge on any atom is 0.191 e. The van der Waals surface area contributed by atoms with Gasteiger partial charge in [0.15, 0.2) is 17.4 Å². The van der Waals surface area contributed by atoms with Crippen molar-refractivity contribution in [3.63, 3.8) is 0 Å². The van der Waals surface area contributed by atoms with Gasteiger partial charge in [0.05, 0.1) is 0 Å². The molecule has 2 aromatic carbocycles. The first-order valence-electron chi connectivity index (χ1n) is 7.22. The van der Waals surface area contributed by atoms with Crippen LogP contribution in [-0.2, 0) is 0 Å². The Labute approximate surface area is 126 Å². The van der Waals surface area contributed by atoms with Crippen LogP contribution in [-0.4, -0.2) is 13.1 Å². The van der Waals surface area contributed by atoms with E-state index in [1.165, 1.54) is 0 Å². The monoisotopic (exact) mass is 307 g/mol. The van der Waals surface area contributed by atoms with Gasteiger partial charge in [-0.1, -0.05) is 30.3 Å². The normalized spacial score (nSPS) is 19.1. The lowest BCUT2D eigenvalue weighted by atomic mass is 9.95. The first kappa shape index (κ1) is 14.9. The summed E-state index contributed by atoms with van der Waals surface area (Å²) in [5.74, 6) is -3.43. The minimum Gasteiger partial charge on any atom is -0.479 e. The molecule has 0 spiro atoms. The third kappa shape index (κ3) is 3.09. The molecular weight excluding hydrogens is 291 g/mol. The highest BCUT2D eigenvalue weighted by atomic mass is 19.1. The molecule has 0 aliphatic carbocycles. The van der Waals surface area contributed by atoms with E-state index >= 15 is 0 Å². The van der Waals surface area contributed by atoms with Crippen LogP contribution in [0.2, 0.25) is 0 Å². The number of rotatable bonds is 4. The van der Waals surface area contributed by atoms with Crippen molar-refractivity contribution in [3.05, 3.63) is 65.5 Å². The standard InChI is InChI=1S/C17H16F3NO/c18-13-8-14(19)17(15(20)9-13)22-16(12-6-7-21-10-12)11-4-2-1-3-5-11/h1-5,8-9,12,16,21H,6-7,10H2/t12-,16?/m0/s1. The molecule has 22 heavy (non-hydrogen) atoms. The number of hydrogen-bond acceptors (Lipinski definition) is 2. The molecule has 0 bridgehead atoms. The molecule has 2 atom stereocenters. The molecule has 2 aromatic rings. The number of benzene rings is 2. The molecule has 0 radical (unpaired) electrons. The van der Waals surface area contributed by atoms with Crippen LogP contribution >= 0.6 is 0 Å². The van der Waals surface area contributed by atoms with Crippen molar-refractivity contribution < 1.29 is 17.9 Å². The molecule has 1 aliphatic heterocycles. The third-order valence-corrected chi connectivity index (χ3v) is 3.86. The molecule has 1 heterocycles. The summed E-state index contributed by atoms with van der Waals surface area (Å²) in [5, 5.41) is 3.22. The Balaban J connectivity index is 1.94. The summed E-state index contributed by atoms with van der Waals surface area (Å²) in [6, 6.07) is 10.6. The van der Waals surface area contributed by atoms with E-state index in [2.05, 4.69) is 5.32 Å². The third-order valence-electron chi connectivity index (χ3n) is 3.86. The van der Waals surface area contributed by atoms with Crippen LogP contribution in [0.1, 0.15) is 18.1 Å². The first-order chi connectivity index (χ1) is 10.6. The van der Waals surface area contributed by atoms with Crippen molar-refractivity contribution in [1.29, 1.82) is 0 Å². The summed E-state index contributed by atoms with van der Waals surface area (Å²) < 4.78 is 46.4. The van der Waals surface area contributed by atoms with Gasteiger partial charge in [-0.25, -0.2) is 13.2 Å². The van der Waals surface area contributed by atoms with Gasteiger partial charge in [-0.05, 0) is 18.5 Å². The van der Waals surface area contributed by atoms with Crippen LogP contribution in [0.5, 0.6) is 5.75 Å². The summed E-state index contributed by atoms with van der Waals surface area (Å²) in [6.07, 6.45) is 0.370. The topological polar surface area (TPSA) is 21.3 Å². The quantitative estimate of drug-likeness (QED) is 0.927. The lowest BCUT2D eigenvalue weighted by Gasteiger charge is -2.25. The molecule has 2 nitrogen and oxygen atoms in total. The van der Waals surface area contributed by atoms with E-state index in [9.17, 15) is 13.2 Å². The minimum atomic E-state index is -1.02. The van der Waals surface area contributed by atoms with Gasteiger partial charge in [-0.15, -0.1) is 0 Å². The van der Waals surface area contributed by atoms with Crippen LogP contribution in [0.25, 0.3) is 0 Å². The average molecular weight is 307 g/mol. The molecule has 1 saturated heterocycles. The van der Waals surface area contributed by atoms with E-state index in [1.807, 2.05) is 30.3 Å².